The van der Waals surface area contributed by atoms with Crippen molar-refractivity contribution in [2.24, 2.45) is 0 Å². The fourth-order valence-corrected chi connectivity index (χ4v) is 0.392. The summed E-state index contributed by atoms with van der Waals surface area (Å²) in [7, 11) is 0. The fraction of sp³-hybridized carbons (Fsp3) is 0.714. The molecule has 1 atom stereocenters. The summed E-state index contributed by atoms with van der Waals surface area (Å²) < 4.78 is 0. The Morgan fingerprint density at radius 1 is 1.50 bits per heavy atom. The molecule has 0 nitrogen and oxygen atoms in total. The predicted octanol–water partition coefficient (Wildman–Crippen LogP) is 2.42. The second-order valence-corrected chi connectivity index (χ2v) is 2.08. The Labute approximate surface area is 56.2 Å². The Kier molecular flexibility index (Phi) is 4.90. The molecule has 0 bridgehead atoms. The van der Waals surface area contributed by atoms with E-state index in [2.05, 4.69) is 11.8 Å². The highest BCUT2D eigenvalue weighted by atomic mass is 35.5. The van der Waals surface area contributed by atoms with Crippen LogP contribution in [0.2, 0.25) is 0 Å². The van der Waals surface area contributed by atoms with E-state index in [9.17, 15) is 0 Å². The van der Waals surface area contributed by atoms with Gasteiger partial charge in [-0.05, 0) is 6.42 Å². The van der Waals surface area contributed by atoms with Crippen molar-refractivity contribution < 1.29 is 0 Å². The standard InChI is InChI=1S/C7H11Cl/c1-3-5-6-7(8)4-2/h7H,3-4H2,1-2H3. The molecule has 0 spiro atoms. The van der Waals surface area contributed by atoms with Gasteiger partial charge >= 0.3 is 0 Å². The number of rotatable bonds is 1. The smallest absolute Gasteiger partial charge is 0.0940 e. The Bertz CT molecular complexity index is 96.7. The average molecular weight is 131 g/mol. The first-order valence-corrected chi connectivity index (χ1v) is 3.37. The van der Waals surface area contributed by atoms with Crippen molar-refractivity contribution in [2.75, 3.05) is 0 Å². The Morgan fingerprint density at radius 3 is 2.50 bits per heavy atom. The van der Waals surface area contributed by atoms with E-state index < -0.39 is 0 Å². The Hall–Kier alpha value is -0.150. The van der Waals surface area contributed by atoms with Gasteiger partial charge in [0.2, 0.25) is 0 Å². The van der Waals surface area contributed by atoms with Gasteiger partial charge in [0.25, 0.3) is 0 Å². The van der Waals surface area contributed by atoms with E-state index in [4.69, 9.17) is 11.6 Å². The lowest BCUT2D eigenvalue weighted by atomic mass is 10.3. The van der Waals surface area contributed by atoms with E-state index in [0.717, 1.165) is 12.8 Å². The third kappa shape index (κ3) is 4.02. The van der Waals surface area contributed by atoms with E-state index in [-0.39, 0.29) is 5.38 Å². The molecule has 46 valence electrons. The summed E-state index contributed by atoms with van der Waals surface area (Å²) in [5.74, 6) is 5.81. The highest BCUT2D eigenvalue weighted by Gasteiger charge is 1.89. The van der Waals surface area contributed by atoms with Gasteiger partial charge in [0.1, 0.15) is 0 Å². The molecule has 0 amide bonds. The van der Waals surface area contributed by atoms with Crippen LogP contribution in [-0.4, -0.2) is 5.38 Å². The van der Waals surface area contributed by atoms with Crippen LogP contribution in [0.3, 0.4) is 0 Å². The molecule has 0 rings (SSSR count). The number of hydrogen-bond donors (Lipinski definition) is 0. The van der Waals surface area contributed by atoms with Crippen molar-refractivity contribution in [2.45, 2.75) is 32.1 Å². The number of halogens is 1. The third-order valence-electron chi connectivity index (χ3n) is 0.794. The van der Waals surface area contributed by atoms with Crippen LogP contribution in [0.1, 0.15) is 26.7 Å². The van der Waals surface area contributed by atoms with Gasteiger partial charge in [-0.1, -0.05) is 19.8 Å². The summed E-state index contributed by atoms with van der Waals surface area (Å²) >= 11 is 5.67. The zero-order chi connectivity index (χ0) is 6.41. The summed E-state index contributed by atoms with van der Waals surface area (Å²) in [6.45, 7) is 4.05. The lowest BCUT2D eigenvalue weighted by molar-refractivity contribution is 0.988. The molecular formula is C7H11Cl. The molecule has 0 aliphatic heterocycles. The monoisotopic (exact) mass is 130 g/mol. The minimum Gasteiger partial charge on any atom is -0.109 e. The second-order valence-electron chi connectivity index (χ2n) is 1.55. The summed E-state index contributed by atoms with van der Waals surface area (Å²) in [6, 6.07) is 0. The van der Waals surface area contributed by atoms with Crippen molar-refractivity contribution in [3.63, 3.8) is 0 Å². The van der Waals surface area contributed by atoms with Crippen molar-refractivity contribution in [3.8, 4) is 11.8 Å². The van der Waals surface area contributed by atoms with Gasteiger partial charge in [0.05, 0.1) is 5.38 Å². The third-order valence-corrected chi connectivity index (χ3v) is 1.21. The summed E-state index contributed by atoms with van der Waals surface area (Å²) in [6.07, 6.45) is 1.85. The molecule has 8 heavy (non-hydrogen) atoms. The maximum atomic E-state index is 5.67. The molecule has 0 aliphatic rings. The van der Waals surface area contributed by atoms with E-state index >= 15 is 0 Å². The normalized spacial score (nSPS) is 11.9. The van der Waals surface area contributed by atoms with Crippen molar-refractivity contribution in [3.05, 3.63) is 0 Å². The quantitative estimate of drug-likeness (QED) is 0.378. The number of alkyl halides is 1. The second kappa shape index (κ2) is 5.00. The lowest BCUT2D eigenvalue weighted by Gasteiger charge is -1.89. The zero-order valence-corrected chi connectivity index (χ0v) is 6.13. The maximum absolute atomic E-state index is 5.67. The average Bonchev–Trinajstić information content (AvgIpc) is 1.83. The molecule has 0 N–H and O–H groups in total. The lowest BCUT2D eigenvalue weighted by Crippen LogP contribution is -1.87. The Balaban J connectivity index is 3.35. The molecule has 0 aromatic rings. The van der Waals surface area contributed by atoms with Gasteiger partial charge < -0.3 is 0 Å². The SMILES string of the molecule is CCC#CC(Cl)CC. The Morgan fingerprint density at radius 2 is 2.12 bits per heavy atom. The predicted molar refractivity (Wildman–Crippen MR) is 38.0 cm³/mol. The van der Waals surface area contributed by atoms with Crippen LogP contribution in [0.5, 0.6) is 0 Å². The minimum absolute atomic E-state index is 0.0648. The van der Waals surface area contributed by atoms with E-state index in [1.54, 1.807) is 0 Å². The van der Waals surface area contributed by atoms with Crippen LogP contribution in [0, 0.1) is 11.8 Å². The van der Waals surface area contributed by atoms with Gasteiger partial charge in [-0.15, -0.1) is 17.5 Å². The molecule has 0 saturated carbocycles. The topological polar surface area (TPSA) is 0 Å². The molecule has 0 aromatic heterocycles. The minimum atomic E-state index is 0.0648. The first kappa shape index (κ1) is 7.85. The van der Waals surface area contributed by atoms with Crippen molar-refractivity contribution >= 4 is 11.6 Å². The summed E-state index contributed by atoms with van der Waals surface area (Å²) in [4.78, 5) is 0. The van der Waals surface area contributed by atoms with Gasteiger partial charge in [0, 0.05) is 6.42 Å². The van der Waals surface area contributed by atoms with Crippen LogP contribution in [0.25, 0.3) is 0 Å². The molecule has 1 heteroatoms. The van der Waals surface area contributed by atoms with Gasteiger partial charge in [-0.25, -0.2) is 0 Å². The summed E-state index contributed by atoms with van der Waals surface area (Å²) in [5, 5.41) is 0.0648. The first-order chi connectivity index (χ1) is 3.81. The van der Waals surface area contributed by atoms with Crippen molar-refractivity contribution in [1.82, 2.24) is 0 Å². The zero-order valence-electron chi connectivity index (χ0n) is 5.37. The van der Waals surface area contributed by atoms with E-state index in [1.807, 2.05) is 13.8 Å². The highest BCUT2D eigenvalue weighted by Crippen LogP contribution is 1.97. The molecular weight excluding hydrogens is 120 g/mol. The highest BCUT2D eigenvalue weighted by molar-refractivity contribution is 6.22. The summed E-state index contributed by atoms with van der Waals surface area (Å²) in [5.41, 5.74) is 0. The largest absolute Gasteiger partial charge is 0.109 e. The molecule has 0 saturated heterocycles. The molecule has 0 aromatic carbocycles. The van der Waals surface area contributed by atoms with E-state index in [0.29, 0.717) is 0 Å². The molecule has 0 heterocycles. The van der Waals surface area contributed by atoms with Crippen molar-refractivity contribution in [1.29, 1.82) is 0 Å². The molecule has 0 aliphatic carbocycles. The maximum Gasteiger partial charge on any atom is 0.0940 e. The van der Waals surface area contributed by atoms with Crippen LogP contribution < -0.4 is 0 Å². The van der Waals surface area contributed by atoms with E-state index in [1.165, 1.54) is 0 Å². The first-order valence-electron chi connectivity index (χ1n) is 2.93. The fourth-order valence-electron chi connectivity index (χ4n) is 0.315. The number of hydrogen-bond acceptors (Lipinski definition) is 0. The van der Waals surface area contributed by atoms with Crippen LogP contribution >= 0.6 is 11.6 Å². The van der Waals surface area contributed by atoms with Gasteiger partial charge in [-0.3, -0.25) is 0 Å². The molecule has 1 unspecified atom stereocenters. The molecule has 0 radical (unpaired) electrons. The van der Waals surface area contributed by atoms with Crippen LogP contribution in [0.15, 0.2) is 0 Å². The van der Waals surface area contributed by atoms with Gasteiger partial charge in [-0.2, -0.15) is 0 Å². The molecule has 0 fully saturated rings. The van der Waals surface area contributed by atoms with Crippen LogP contribution in [0.4, 0.5) is 0 Å². The van der Waals surface area contributed by atoms with Gasteiger partial charge in [0.15, 0.2) is 0 Å². The van der Waals surface area contributed by atoms with Crippen LogP contribution in [-0.2, 0) is 0 Å².